The number of hydrogen-bond acceptors (Lipinski definition) is 1. The summed E-state index contributed by atoms with van der Waals surface area (Å²) in [5.74, 6) is 0. The topological polar surface area (TPSA) is 33.6 Å². The van der Waals surface area contributed by atoms with Gasteiger partial charge >= 0.3 is 0 Å². The predicted molar refractivity (Wildman–Crippen MR) is 307 cm³/mol. The van der Waals surface area contributed by atoms with Gasteiger partial charge in [0.15, 0.2) is 16.1 Å². The minimum Gasteiger partial charge on any atom is -0.308 e. The van der Waals surface area contributed by atoms with Crippen LogP contribution in [0.1, 0.15) is 5.56 Å². The Morgan fingerprint density at radius 3 is 0.833 bits per heavy atom. The van der Waals surface area contributed by atoms with Gasteiger partial charge in [0.1, 0.15) is 11.6 Å². The van der Waals surface area contributed by atoms with E-state index in [0.29, 0.717) is 5.56 Å². The molecular formula is C67H47N3Si2. The van der Waals surface area contributed by atoms with E-state index in [4.69, 9.17) is 0 Å². The monoisotopic (exact) mass is 949 g/mol. The summed E-state index contributed by atoms with van der Waals surface area (Å²) in [5.41, 5.74) is 6.53. The summed E-state index contributed by atoms with van der Waals surface area (Å²) in [7, 11) is -5.65. The number of aromatic nitrogens is 2. The van der Waals surface area contributed by atoms with Crippen LogP contribution in [0.5, 0.6) is 0 Å². The van der Waals surface area contributed by atoms with E-state index in [0.717, 1.165) is 55.0 Å². The van der Waals surface area contributed by atoms with Gasteiger partial charge in [-0.1, -0.05) is 249 Å². The zero-order valence-electron chi connectivity index (χ0n) is 39.5. The molecule has 338 valence electrons. The quantitative estimate of drug-likeness (QED) is 0.0994. The Balaban J connectivity index is 1.04. The van der Waals surface area contributed by atoms with E-state index >= 15 is 0 Å². The minimum atomic E-state index is -2.83. The number of fused-ring (bicyclic) bond motifs is 6. The molecule has 2 heterocycles. The fourth-order valence-electron chi connectivity index (χ4n) is 12.1. The van der Waals surface area contributed by atoms with Crippen molar-refractivity contribution < 1.29 is 0 Å². The first kappa shape index (κ1) is 43.0. The second kappa shape index (κ2) is 17.7. The Kier molecular flexibility index (Phi) is 10.6. The van der Waals surface area contributed by atoms with Crippen LogP contribution < -0.4 is 41.5 Å². The normalized spacial score (nSPS) is 11.9. The van der Waals surface area contributed by atoms with E-state index in [-0.39, 0.29) is 0 Å². The Morgan fingerprint density at radius 1 is 0.250 bits per heavy atom. The molecule has 0 saturated heterocycles. The molecule has 0 aliphatic rings. The molecule has 0 spiro atoms. The number of para-hydroxylation sites is 2. The molecule has 11 aromatic carbocycles. The van der Waals surface area contributed by atoms with Gasteiger partial charge in [-0.05, 0) is 77.9 Å². The molecule has 0 unspecified atom stereocenters. The van der Waals surface area contributed by atoms with Crippen molar-refractivity contribution in [3.8, 4) is 17.4 Å². The molecule has 72 heavy (non-hydrogen) atoms. The number of nitrogens with zero attached hydrogens (tertiary/aromatic N) is 3. The van der Waals surface area contributed by atoms with Crippen LogP contribution >= 0.6 is 0 Å². The highest BCUT2D eigenvalue weighted by atomic mass is 28.3. The highest BCUT2D eigenvalue weighted by molar-refractivity contribution is 7.20. The highest BCUT2D eigenvalue weighted by Crippen LogP contribution is 2.38. The molecule has 0 N–H and O–H groups in total. The third kappa shape index (κ3) is 6.54. The van der Waals surface area contributed by atoms with Crippen LogP contribution in [0.15, 0.2) is 285 Å². The predicted octanol–water partition coefficient (Wildman–Crippen LogP) is 10.5. The first-order valence-electron chi connectivity index (χ1n) is 24.7. The molecule has 0 fully saturated rings. The van der Waals surface area contributed by atoms with Gasteiger partial charge in [0.25, 0.3) is 0 Å². The summed E-state index contributed by atoms with van der Waals surface area (Å²) in [4.78, 5) is 0. The van der Waals surface area contributed by atoms with E-state index in [1.54, 1.807) is 0 Å². The van der Waals surface area contributed by atoms with E-state index in [1.807, 2.05) is 0 Å². The van der Waals surface area contributed by atoms with Crippen molar-refractivity contribution >= 4 is 101 Å². The van der Waals surface area contributed by atoms with E-state index in [9.17, 15) is 5.26 Å². The van der Waals surface area contributed by atoms with Crippen molar-refractivity contribution in [3.63, 3.8) is 0 Å². The lowest BCUT2D eigenvalue weighted by atomic mass is 10.1. The molecule has 0 radical (unpaired) electrons. The molecule has 2 aromatic heterocycles. The lowest BCUT2D eigenvalue weighted by Crippen LogP contribution is -2.74. The van der Waals surface area contributed by atoms with Crippen LogP contribution in [0.4, 0.5) is 0 Å². The van der Waals surface area contributed by atoms with Crippen molar-refractivity contribution in [2.75, 3.05) is 0 Å². The first-order chi connectivity index (χ1) is 35.7. The molecule has 0 aliphatic carbocycles. The van der Waals surface area contributed by atoms with Crippen LogP contribution in [0.3, 0.4) is 0 Å². The van der Waals surface area contributed by atoms with Gasteiger partial charge in [-0.15, -0.1) is 0 Å². The maximum absolute atomic E-state index is 11.6. The van der Waals surface area contributed by atoms with E-state index in [2.05, 4.69) is 300 Å². The molecule has 0 aliphatic heterocycles. The van der Waals surface area contributed by atoms with Gasteiger partial charge in [-0.25, -0.2) is 0 Å². The van der Waals surface area contributed by atoms with Crippen LogP contribution in [-0.2, 0) is 0 Å². The van der Waals surface area contributed by atoms with Gasteiger partial charge in [0, 0.05) is 21.5 Å². The largest absolute Gasteiger partial charge is 0.308 e. The summed E-state index contributed by atoms with van der Waals surface area (Å²) in [6.07, 6.45) is 0. The lowest BCUT2D eigenvalue weighted by Gasteiger charge is -2.34. The van der Waals surface area contributed by atoms with E-state index < -0.39 is 16.1 Å². The molecule has 0 saturated carbocycles. The van der Waals surface area contributed by atoms with Crippen LogP contribution in [-0.4, -0.2) is 25.3 Å². The second-order valence-electron chi connectivity index (χ2n) is 18.6. The van der Waals surface area contributed by atoms with Crippen molar-refractivity contribution in [2.24, 2.45) is 0 Å². The Labute approximate surface area is 421 Å². The molecule has 3 nitrogen and oxygen atoms in total. The fourth-order valence-corrected chi connectivity index (χ4v) is 21.6. The fraction of sp³-hybridized carbons (Fsp3) is 0. The van der Waals surface area contributed by atoms with Crippen molar-refractivity contribution in [3.05, 3.63) is 291 Å². The SMILES string of the molecule is N#Cc1c(-n2c3ccccc3c3cc([Si](c4ccccc4)(c4ccccc4)c4ccccc4)ccc32)cccc1-n1c2ccccc2c2cc([Si](c3ccccc3)(c3ccccc3)c3ccccc3)ccc21. The Hall–Kier alpha value is -9.06. The number of hydrogen-bond donors (Lipinski definition) is 0. The first-order valence-corrected chi connectivity index (χ1v) is 28.7. The minimum absolute atomic E-state index is 0.610. The summed E-state index contributed by atoms with van der Waals surface area (Å²) in [5, 5.41) is 26.8. The standard InChI is InChI=1S/C67H47N3Si2/c68-48-61-64(69-62-38-21-19-36-57(62)59-46-55(42-44-66(59)69)71(49-24-7-1-8-25-49,50-26-9-2-10-27-50)51-28-11-3-12-29-51)40-23-41-65(61)70-63-39-22-20-37-58(63)60-47-56(43-45-67(60)70)72(52-30-13-4-14-31-52,53-32-15-5-16-33-53)54-34-17-6-18-35-54/h1-47H. The zero-order chi connectivity index (χ0) is 48.1. The second-order valence-corrected chi connectivity index (χ2v) is 26.3. The molecular weight excluding hydrogens is 903 g/mol. The molecule has 13 aromatic rings. The van der Waals surface area contributed by atoms with Crippen LogP contribution in [0, 0.1) is 11.3 Å². The summed E-state index contributed by atoms with van der Waals surface area (Å²) in [6.45, 7) is 0. The summed E-state index contributed by atoms with van der Waals surface area (Å²) < 4.78 is 4.64. The summed E-state index contributed by atoms with van der Waals surface area (Å²) in [6, 6.07) is 107. The summed E-state index contributed by atoms with van der Waals surface area (Å²) >= 11 is 0. The maximum atomic E-state index is 11.6. The van der Waals surface area contributed by atoms with E-state index in [1.165, 1.54) is 41.5 Å². The number of rotatable bonds is 10. The van der Waals surface area contributed by atoms with Gasteiger partial charge in [0.05, 0.1) is 33.4 Å². The van der Waals surface area contributed by atoms with Gasteiger partial charge < -0.3 is 9.13 Å². The molecule has 0 bridgehead atoms. The average Bonchev–Trinajstić information content (AvgIpc) is 3.97. The maximum Gasteiger partial charge on any atom is 0.179 e. The third-order valence-electron chi connectivity index (χ3n) is 15.1. The highest BCUT2D eigenvalue weighted by Gasteiger charge is 2.43. The number of nitriles is 1. The third-order valence-corrected chi connectivity index (χ3v) is 24.6. The zero-order valence-corrected chi connectivity index (χ0v) is 41.5. The van der Waals surface area contributed by atoms with Crippen molar-refractivity contribution in [2.45, 2.75) is 0 Å². The Morgan fingerprint density at radius 2 is 0.528 bits per heavy atom. The van der Waals surface area contributed by atoms with Gasteiger partial charge in [-0.2, -0.15) is 5.26 Å². The average molecular weight is 950 g/mol. The van der Waals surface area contributed by atoms with Crippen molar-refractivity contribution in [1.82, 2.24) is 9.13 Å². The van der Waals surface area contributed by atoms with Crippen LogP contribution in [0.25, 0.3) is 55.0 Å². The molecule has 0 atom stereocenters. The van der Waals surface area contributed by atoms with Crippen LogP contribution in [0.2, 0.25) is 0 Å². The van der Waals surface area contributed by atoms with Gasteiger partial charge in [0.2, 0.25) is 0 Å². The lowest BCUT2D eigenvalue weighted by molar-refractivity contribution is 1.12. The molecule has 13 rings (SSSR count). The van der Waals surface area contributed by atoms with Gasteiger partial charge in [-0.3, -0.25) is 0 Å². The van der Waals surface area contributed by atoms with Crippen molar-refractivity contribution in [1.29, 1.82) is 5.26 Å². The smallest absolute Gasteiger partial charge is 0.179 e. The Bertz CT molecular complexity index is 3690. The molecule has 0 amide bonds. The number of benzene rings is 11. The molecule has 5 heteroatoms.